The van der Waals surface area contributed by atoms with E-state index in [0.29, 0.717) is 18.8 Å². The largest absolute Gasteiger partial charge is 0.535 e. The SMILES string of the molecule is CC(C)C[Si](Oc1cccc(C(O)CCc2ccccc2C(=O)O)c1)(c1ccccc1)c1ccccc1. The molecule has 0 aliphatic carbocycles. The monoisotopic (exact) mass is 510 g/mol. The molecule has 1 atom stereocenters. The maximum Gasteiger partial charge on any atom is 0.335 e. The summed E-state index contributed by atoms with van der Waals surface area (Å²) in [5, 5.41) is 22.9. The van der Waals surface area contributed by atoms with Crippen LogP contribution in [-0.4, -0.2) is 24.5 Å². The summed E-state index contributed by atoms with van der Waals surface area (Å²) < 4.78 is 7.04. The molecular formula is C32H34O4Si. The Kier molecular flexibility index (Phi) is 8.59. The number of rotatable bonds is 11. The van der Waals surface area contributed by atoms with E-state index in [9.17, 15) is 15.0 Å². The van der Waals surface area contributed by atoms with Gasteiger partial charge in [0.15, 0.2) is 0 Å². The van der Waals surface area contributed by atoms with Gasteiger partial charge in [-0.2, -0.15) is 0 Å². The van der Waals surface area contributed by atoms with E-state index in [0.717, 1.165) is 22.9 Å². The fourth-order valence-electron chi connectivity index (χ4n) is 4.94. The highest BCUT2D eigenvalue weighted by Gasteiger charge is 2.42. The van der Waals surface area contributed by atoms with Crippen molar-refractivity contribution >= 4 is 24.7 Å². The molecule has 0 heterocycles. The van der Waals surface area contributed by atoms with E-state index in [1.165, 1.54) is 10.4 Å². The van der Waals surface area contributed by atoms with Gasteiger partial charge in [-0.05, 0) is 64.5 Å². The van der Waals surface area contributed by atoms with Gasteiger partial charge in [-0.3, -0.25) is 0 Å². The van der Waals surface area contributed by atoms with E-state index in [1.807, 2.05) is 42.5 Å². The summed E-state index contributed by atoms with van der Waals surface area (Å²) in [6.07, 6.45) is 0.147. The van der Waals surface area contributed by atoms with Crippen molar-refractivity contribution in [3.63, 3.8) is 0 Å². The Morgan fingerprint density at radius 3 is 2.00 bits per heavy atom. The van der Waals surface area contributed by atoms with Gasteiger partial charge in [0.05, 0.1) is 11.7 Å². The third kappa shape index (κ3) is 6.37. The van der Waals surface area contributed by atoms with E-state index in [1.54, 1.807) is 18.2 Å². The second-order valence-electron chi connectivity index (χ2n) is 9.85. The molecule has 0 fully saturated rings. The van der Waals surface area contributed by atoms with E-state index in [2.05, 4.69) is 62.4 Å². The maximum atomic E-state index is 11.5. The van der Waals surface area contributed by atoms with Gasteiger partial charge in [0.25, 0.3) is 0 Å². The molecule has 0 aliphatic rings. The Labute approximate surface area is 220 Å². The second kappa shape index (κ2) is 12.0. The molecule has 0 radical (unpaired) electrons. The Balaban J connectivity index is 1.64. The molecule has 1 unspecified atom stereocenters. The number of carboxylic acid groups (broad SMARTS) is 1. The number of carbonyl (C=O) groups is 1. The lowest BCUT2D eigenvalue weighted by Gasteiger charge is -2.34. The maximum absolute atomic E-state index is 11.5. The fraction of sp³-hybridized carbons (Fsp3) is 0.219. The zero-order chi connectivity index (χ0) is 26.3. The number of benzene rings is 4. The molecule has 0 amide bonds. The molecule has 4 aromatic rings. The number of aliphatic hydroxyl groups is 1. The van der Waals surface area contributed by atoms with Crippen LogP contribution in [0.5, 0.6) is 5.75 Å². The van der Waals surface area contributed by atoms with Gasteiger partial charge in [0.1, 0.15) is 5.75 Å². The number of hydrogen-bond donors (Lipinski definition) is 2. The molecule has 4 aromatic carbocycles. The standard InChI is InChI=1S/C32H34O4Si/c1-24(2)23-37(28-15-5-3-6-16-28,29-17-7-4-8-18-29)36-27-14-11-13-26(22-27)31(33)21-20-25-12-9-10-19-30(25)32(34)35/h3-19,22,24,31,33H,20-21,23H2,1-2H3,(H,34,35). The predicted octanol–water partition coefficient (Wildman–Crippen LogP) is 5.85. The highest BCUT2D eigenvalue weighted by molar-refractivity contribution is 6.98. The Bertz CT molecular complexity index is 1270. The van der Waals surface area contributed by atoms with Crippen molar-refractivity contribution in [3.05, 3.63) is 126 Å². The molecule has 4 rings (SSSR count). The minimum absolute atomic E-state index is 0.280. The van der Waals surface area contributed by atoms with Crippen molar-refractivity contribution in [1.29, 1.82) is 0 Å². The Morgan fingerprint density at radius 1 is 0.811 bits per heavy atom. The Morgan fingerprint density at radius 2 is 1.41 bits per heavy atom. The Hall–Kier alpha value is -3.67. The molecule has 0 bridgehead atoms. The highest BCUT2D eigenvalue weighted by atomic mass is 28.4. The molecular weight excluding hydrogens is 476 g/mol. The van der Waals surface area contributed by atoms with Gasteiger partial charge < -0.3 is 14.6 Å². The minimum Gasteiger partial charge on any atom is -0.535 e. The lowest BCUT2D eigenvalue weighted by Crippen LogP contribution is -2.63. The molecule has 0 aliphatic heterocycles. The van der Waals surface area contributed by atoms with Crippen LogP contribution in [0.3, 0.4) is 0 Å². The van der Waals surface area contributed by atoms with Gasteiger partial charge in [0.2, 0.25) is 0 Å². The quantitative estimate of drug-likeness (QED) is 0.249. The molecule has 0 saturated heterocycles. The molecule has 2 N–H and O–H groups in total. The predicted molar refractivity (Wildman–Crippen MR) is 151 cm³/mol. The molecule has 37 heavy (non-hydrogen) atoms. The minimum atomic E-state index is -2.65. The van der Waals surface area contributed by atoms with Gasteiger partial charge in [-0.15, -0.1) is 0 Å². The van der Waals surface area contributed by atoms with Crippen LogP contribution in [0.15, 0.2) is 109 Å². The van der Waals surface area contributed by atoms with Crippen molar-refractivity contribution in [2.45, 2.75) is 38.8 Å². The third-order valence-electron chi connectivity index (χ3n) is 6.65. The van der Waals surface area contributed by atoms with Gasteiger partial charge in [-0.25, -0.2) is 4.79 Å². The van der Waals surface area contributed by atoms with Crippen molar-refractivity contribution in [2.75, 3.05) is 0 Å². The van der Waals surface area contributed by atoms with Crippen LogP contribution >= 0.6 is 0 Å². The second-order valence-corrected chi connectivity index (χ2v) is 13.3. The van der Waals surface area contributed by atoms with Crippen molar-refractivity contribution < 1.29 is 19.4 Å². The fourth-order valence-corrected chi connectivity index (χ4v) is 9.21. The summed E-state index contributed by atoms with van der Waals surface area (Å²) in [6, 6.07) is 36.6. The van der Waals surface area contributed by atoms with Crippen LogP contribution in [0.4, 0.5) is 0 Å². The lowest BCUT2D eigenvalue weighted by atomic mass is 9.98. The topological polar surface area (TPSA) is 66.8 Å². The molecule has 0 aromatic heterocycles. The van der Waals surface area contributed by atoms with E-state index >= 15 is 0 Å². The first-order chi connectivity index (χ1) is 17.9. The van der Waals surface area contributed by atoms with Gasteiger partial charge in [-0.1, -0.05) is 105 Å². The molecule has 190 valence electrons. The van der Waals surface area contributed by atoms with E-state index < -0.39 is 20.4 Å². The zero-order valence-corrected chi connectivity index (χ0v) is 22.4. The molecule has 0 spiro atoms. The van der Waals surface area contributed by atoms with Crippen molar-refractivity contribution in [3.8, 4) is 5.75 Å². The van der Waals surface area contributed by atoms with Gasteiger partial charge >= 0.3 is 14.3 Å². The summed E-state index contributed by atoms with van der Waals surface area (Å²) in [5.74, 6) is 0.214. The number of aromatic carboxylic acids is 1. The number of aryl methyl sites for hydroxylation is 1. The smallest absolute Gasteiger partial charge is 0.335 e. The lowest BCUT2D eigenvalue weighted by molar-refractivity contribution is 0.0695. The van der Waals surface area contributed by atoms with Crippen LogP contribution in [0.1, 0.15) is 47.9 Å². The average molecular weight is 511 g/mol. The molecule has 0 saturated carbocycles. The summed E-state index contributed by atoms with van der Waals surface area (Å²) >= 11 is 0. The van der Waals surface area contributed by atoms with E-state index in [-0.39, 0.29) is 5.56 Å². The number of aliphatic hydroxyl groups excluding tert-OH is 1. The van der Waals surface area contributed by atoms with Crippen molar-refractivity contribution in [2.24, 2.45) is 5.92 Å². The van der Waals surface area contributed by atoms with Crippen LogP contribution < -0.4 is 14.8 Å². The zero-order valence-electron chi connectivity index (χ0n) is 21.4. The average Bonchev–Trinajstić information content (AvgIpc) is 2.92. The molecule has 4 nitrogen and oxygen atoms in total. The van der Waals surface area contributed by atoms with E-state index in [4.69, 9.17) is 4.43 Å². The molecule has 5 heteroatoms. The van der Waals surface area contributed by atoms with Crippen LogP contribution in [0.25, 0.3) is 0 Å². The van der Waals surface area contributed by atoms with Crippen LogP contribution in [0.2, 0.25) is 6.04 Å². The number of carboxylic acids is 1. The first-order valence-corrected chi connectivity index (χ1v) is 14.9. The van der Waals surface area contributed by atoms with Gasteiger partial charge in [0, 0.05) is 0 Å². The van der Waals surface area contributed by atoms with Crippen LogP contribution in [0, 0.1) is 5.92 Å². The highest BCUT2D eigenvalue weighted by Crippen LogP contribution is 2.28. The van der Waals surface area contributed by atoms with Crippen LogP contribution in [-0.2, 0) is 6.42 Å². The summed E-state index contributed by atoms with van der Waals surface area (Å²) in [5.41, 5.74) is 1.76. The third-order valence-corrected chi connectivity index (χ3v) is 11.2. The summed E-state index contributed by atoms with van der Waals surface area (Å²) in [6.45, 7) is 4.46. The summed E-state index contributed by atoms with van der Waals surface area (Å²) in [7, 11) is -2.65. The van der Waals surface area contributed by atoms with Crippen molar-refractivity contribution in [1.82, 2.24) is 0 Å². The first-order valence-electron chi connectivity index (χ1n) is 12.8. The normalized spacial score (nSPS) is 12.3. The number of hydrogen-bond acceptors (Lipinski definition) is 3. The first kappa shape index (κ1) is 26.4. The summed E-state index contributed by atoms with van der Waals surface area (Å²) in [4.78, 5) is 11.5.